The number of nitrogens with one attached hydrogen (secondary N) is 1. The number of nitrogens with zero attached hydrogens (tertiary/aromatic N) is 2. The predicted octanol–water partition coefficient (Wildman–Crippen LogP) is 1.02. The minimum Gasteiger partial charge on any atom is -0.480 e. The van der Waals surface area contributed by atoms with E-state index >= 15 is 0 Å². The lowest BCUT2D eigenvalue weighted by atomic mass is 10.2. The molecule has 1 aromatic heterocycles. The summed E-state index contributed by atoms with van der Waals surface area (Å²) < 4.78 is 0. The molecule has 0 aliphatic rings. The fraction of sp³-hybridized carbons (Fsp3) is 0.500. The van der Waals surface area contributed by atoms with Crippen molar-refractivity contribution < 1.29 is 9.90 Å². The summed E-state index contributed by atoms with van der Waals surface area (Å²) in [4.78, 5) is 18.7. The Labute approximate surface area is 98.7 Å². The van der Waals surface area contributed by atoms with E-state index in [4.69, 9.17) is 5.11 Å². The first kappa shape index (κ1) is 12.9. The average molecular weight is 241 g/mol. The van der Waals surface area contributed by atoms with Crippen LogP contribution in [0, 0.1) is 0 Å². The zero-order valence-electron chi connectivity index (χ0n) is 9.09. The Morgan fingerprint density at radius 1 is 1.69 bits per heavy atom. The second-order valence-corrected chi connectivity index (χ2v) is 4.25. The number of hydrogen-bond acceptors (Lipinski definition) is 5. The molecule has 5 nitrogen and oxygen atoms in total. The van der Waals surface area contributed by atoms with Crippen LogP contribution in [0.1, 0.15) is 13.3 Å². The molecule has 0 fully saturated rings. The van der Waals surface area contributed by atoms with Gasteiger partial charge in [-0.1, -0.05) is 6.92 Å². The second-order valence-electron chi connectivity index (χ2n) is 3.13. The predicted molar refractivity (Wildman–Crippen MR) is 62.5 cm³/mol. The van der Waals surface area contributed by atoms with Gasteiger partial charge in [0, 0.05) is 11.9 Å². The molecule has 2 N–H and O–H groups in total. The van der Waals surface area contributed by atoms with Crippen LogP contribution >= 0.6 is 11.8 Å². The third kappa shape index (κ3) is 4.59. The van der Waals surface area contributed by atoms with Gasteiger partial charge in [0.05, 0.1) is 5.03 Å². The highest BCUT2D eigenvalue weighted by Crippen LogP contribution is 2.15. The normalized spacial score (nSPS) is 12.3. The highest BCUT2D eigenvalue weighted by molar-refractivity contribution is 7.99. The molecule has 0 aliphatic heterocycles. The Kier molecular flexibility index (Phi) is 5.81. The number of likely N-dealkylation sites (N-methyl/N-ethyl adjacent to an activating group) is 1. The van der Waals surface area contributed by atoms with E-state index in [0.717, 1.165) is 10.8 Å². The van der Waals surface area contributed by atoms with Crippen LogP contribution < -0.4 is 5.32 Å². The number of rotatable bonds is 7. The first-order chi connectivity index (χ1) is 7.74. The summed E-state index contributed by atoms with van der Waals surface area (Å²) in [6.45, 7) is 2.56. The summed E-state index contributed by atoms with van der Waals surface area (Å²) in [6.07, 6.45) is 3.74. The Morgan fingerprint density at radius 3 is 3.06 bits per heavy atom. The van der Waals surface area contributed by atoms with E-state index in [1.807, 2.05) is 13.0 Å². The third-order valence-electron chi connectivity index (χ3n) is 1.96. The highest BCUT2D eigenvalue weighted by Gasteiger charge is 2.15. The summed E-state index contributed by atoms with van der Waals surface area (Å²) in [7, 11) is 0. The van der Waals surface area contributed by atoms with Crippen molar-refractivity contribution in [2.24, 2.45) is 0 Å². The average Bonchev–Trinajstić information content (AvgIpc) is 2.29. The lowest BCUT2D eigenvalue weighted by molar-refractivity contribution is -0.139. The van der Waals surface area contributed by atoms with Gasteiger partial charge < -0.3 is 10.4 Å². The van der Waals surface area contributed by atoms with E-state index < -0.39 is 12.0 Å². The van der Waals surface area contributed by atoms with E-state index in [-0.39, 0.29) is 0 Å². The number of carbonyl (C=O) groups is 1. The molecule has 0 amide bonds. The van der Waals surface area contributed by atoms with Crippen LogP contribution in [0.15, 0.2) is 23.6 Å². The van der Waals surface area contributed by atoms with Gasteiger partial charge in [-0.05, 0) is 19.0 Å². The Hall–Kier alpha value is -1.14. The maximum atomic E-state index is 10.8. The van der Waals surface area contributed by atoms with E-state index in [2.05, 4.69) is 15.3 Å². The molecule has 0 saturated carbocycles. The van der Waals surface area contributed by atoms with Gasteiger partial charge in [-0.3, -0.25) is 4.79 Å². The van der Waals surface area contributed by atoms with Crippen molar-refractivity contribution in [2.45, 2.75) is 24.4 Å². The van der Waals surface area contributed by atoms with Crippen molar-refractivity contribution in [3.63, 3.8) is 0 Å². The van der Waals surface area contributed by atoms with Crippen molar-refractivity contribution >= 4 is 17.7 Å². The lowest BCUT2D eigenvalue weighted by Gasteiger charge is -2.11. The summed E-state index contributed by atoms with van der Waals surface area (Å²) in [6, 6.07) is 1.34. The van der Waals surface area contributed by atoms with Crippen LogP contribution in [0.25, 0.3) is 0 Å². The van der Waals surface area contributed by atoms with Crippen LogP contribution in [0.5, 0.6) is 0 Å². The molecule has 16 heavy (non-hydrogen) atoms. The van der Waals surface area contributed by atoms with Gasteiger partial charge in [-0.2, -0.15) is 0 Å². The first-order valence-corrected chi connectivity index (χ1v) is 6.07. The molecule has 88 valence electrons. The molecule has 0 radical (unpaired) electrons. The number of aromatic nitrogens is 2. The van der Waals surface area contributed by atoms with Crippen molar-refractivity contribution in [1.29, 1.82) is 0 Å². The van der Waals surface area contributed by atoms with E-state index in [9.17, 15) is 4.79 Å². The third-order valence-corrected chi connectivity index (χ3v) is 2.94. The topological polar surface area (TPSA) is 75.1 Å². The van der Waals surface area contributed by atoms with Gasteiger partial charge in [0.2, 0.25) is 0 Å². The molecular weight excluding hydrogens is 226 g/mol. The molecule has 1 heterocycles. The van der Waals surface area contributed by atoms with Gasteiger partial charge in [0.1, 0.15) is 12.4 Å². The maximum absolute atomic E-state index is 10.8. The van der Waals surface area contributed by atoms with Gasteiger partial charge in [0.25, 0.3) is 0 Å². The molecule has 1 unspecified atom stereocenters. The van der Waals surface area contributed by atoms with Crippen LogP contribution in [0.3, 0.4) is 0 Å². The molecule has 1 rings (SSSR count). The summed E-state index contributed by atoms with van der Waals surface area (Å²) in [5, 5.41) is 12.7. The van der Waals surface area contributed by atoms with Crippen LogP contribution in [-0.2, 0) is 4.79 Å². The zero-order chi connectivity index (χ0) is 11.8. The van der Waals surface area contributed by atoms with Crippen molar-refractivity contribution in [3.05, 3.63) is 18.6 Å². The summed E-state index contributed by atoms with van der Waals surface area (Å²) in [5.74, 6) is -0.0776. The molecule has 0 aromatic carbocycles. The molecule has 0 saturated heterocycles. The van der Waals surface area contributed by atoms with Gasteiger partial charge in [-0.25, -0.2) is 9.97 Å². The largest absolute Gasteiger partial charge is 0.480 e. The zero-order valence-corrected chi connectivity index (χ0v) is 9.91. The fourth-order valence-electron chi connectivity index (χ4n) is 1.20. The Balaban J connectivity index is 2.31. The molecule has 1 atom stereocenters. The molecule has 1 aromatic rings. The van der Waals surface area contributed by atoms with Crippen molar-refractivity contribution in [2.75, 3.05) is 12.3 Å². The molecule has 6 heteroatoms. The fourth-order valence-corrected chi connectivity index (χ4v) is 2.05. The Morgan fingerprint density at radius 2 is 2.50 bits per heavy atom. The number of carboxylic acids is 1. The van der Waals surface area contributed by atoms with Crippen LogP contribution in [0.4, 0.5) is 0 Å². The smallest absolute Gasteiger partial charge is 0.320 e. The van der Waals surface area contributed by atoms with Crippen LogP contribution in [0.2, 0.25) is 0 Å². The monoisotopic (exact) mass is 241 g/mol. The second kappa shape index (κ2) is 7.19. The number of carboxylic acid groups (broad SMARTS) is 1. The number of hydrogen-bond donors (Lipinski definition) is 2. The van der Waals surface area contributed by atoms with Gasteiger partial charge in [0.15, 0.2) is 0 Å². The molecule has 0 bridgehead atoms. The van der Waals surface area contributed by atoms with E-state index in [1.54, 1.807) is 6.20 Å². The maximum Gasteiger partial charge on any atom is 0.320 e. The van der Waals surface area contributed by atoms with Crippen LogP contribution in [-0.4, -0.2) is 39.4 Å². The minimum absolute atomic E-state index is 0.473. The van der Waals surface area contributed by atoms with Gasteiger partial charge in [-0.15, -0.1) is 11.8 Å². The molecule has 0 aliphatic carbocycles. The van der Waals surface area contributed by atoms with E-state index in [1.165, 1.54) is 18.1 Å². The van der Waals surface area contributed by atoms with Crippen molar-refractivity contribution in [3.8, 4) is 0 Å². The quantitative estimate of drug-likeness (QED) is 0.548. The Bertz CT molecular complexity index is 321. The van der Waals surface area contributed by atoms with E-state index in [0.29, 0.717) is 13.0 Å². The summed E-state index contributed by atoms with van der Waals surface area (Å²) in [5.41, 5.74) is 0. The molecule has 0 spiro atoms. The highest BCUT2D eigenvalue weighted by atomic mass is 32.2. The molecular formula is C10H15N3O2S. The first-order valence-electron chi connectivity index (χ1n) is 5.09. The number of aliphatic carboxylic acids is 1. The number of thioether (sulfide) groups is 1. The summed E-state index contributed by atoms with van der Waals surface area (Å²) >= 11 is 1.54. The standard InChI is InChI=1S/C10H15N3O2S/c1-2-12-8(10(14)15)4-6-16-9-3-5-11-7-13-9/h3,5,7-8,12H,2,4,6H2,1H3,(H,14,15). The SMILES string of the molecule is CCNC(CCSc1ccncn1)C(=O)O. The van der Waals surface area contributed by atoms with Gasteiger partial charge >= 0.3 is 5.97 Å². The minimum atomic E-state index is -0.801. The van der Waals surface area contributed by atoms with Crippen molar-refractivity contribution in [1.82, 2.24) is 15.3 Å². The lowest BCUT2D eigenvalue weighted by Crippen LogP contribution is -2.36.